The highest BCUT2D eigenvalue weighted by molar-refractivity contribution is 6.06. The Labute approximate surface area is 135 Å². The minimum absolute atomic E-state index is 0.151. The summed E-state index contributed by atoms with van der Waals surface area (Å²) in [5.41, 5.74) is 3.15. The summed E-state index contributed by atoms with van der Waals surface area (Å²) in [6, 6.07) is 10.8. The van der Waals surface area contributed by atoms with Crippen molar-refractivity contribution in [1.82, 2.24) is 15.3 Å². The van der Waals surface area contributed by atoms with Crippen molar-refractivity contribution < 1.29 is 4.79 Å². The van der Waals surface area contributed by atoms with Gasteiger partial charge >= 0.3 is 0 Å². The lowest BCUT2D eigenvalue weighted by atomic mass is 10.1. The van der Waals surface area contributed by atoms with Gasteiger partial charge in [-0.2, -0.15) is 0 Å². The van der Waals surface area contributed by atoms with E-state index in [4.69, 9.17) is 0 Å². The fraction of sp³-hybridized carbons (Fsp3) is 0.368. The summed E-state index contributed by atoms with van der Waals surface area (Å²) in [4.78, 5) is 19.9. The Morgan fingerprint density at radius 1 is 1.17 bits per heavy atom. The number of nitrogens with one attached hydrogen (secondary N) is 2. The van der Waals surface area contributed by atoms with Crippen LogP contribution in [0.1, 0.15) is 37.8 Å². The molecule has 0 radical (unpaired) electrons. The van der Waals surface area contributed by atoms with Crippen LogP contribution >= 0.6 is 0 Å². The quantitative estimate of drug-likeness (QED) is 0.772. The number of rotatable bonds is 4. The fourth-order valence-corrected chi connectivity index (χ4v) is 3.54. The van der Waals surface area contributed by atoms with E-state index in [1.165, 1.54) is 23.6 Å². The van der Waals surface area contributed by atoms with Crippen LogP contribution in [0.4, 0.5) is 0 Å². The van der Waals surface area contributed by atoms with Crippen LogP contribution in [0.5, 0.6) is 0 Å². The molecule has 0 saturated heterocycles. The molecule has 23 heavy (non-hydrogen) atoms. The second kappa shape index (κ2) is 6.03. The first kappa shape index (κ1) is 14.2. The van der Waals surface area contributed by atoms with Gasteiger partial charge in [-0.05, 0) is 31.4 Å². The number of H-pyrrole nitrogens is 1. The van der Waals surface area contributed by atoms with Crippen molar-refractivity contribution in [2.24, 2.45) is 0 Å². The number of aromatic amines is 1. The number of para-hydroxylation sites is 1. The van der Waals surface area contributed by atoms with Crippen LogP contribution in [0, 0.1) is 0 Å². The van der Waals surface area contributed by atoms with Gasteiger partial charge in [0.2, 0.25) is 5.91 Å². The zero-order valence-corrected chi connectivity index (χ0v) is 13.1. The number of fused-ring (bicyclic) bond motifs is 3. The molecule has 2 aromatic heterocycles. The van der Waals surface area contributed by atoms with Crippen LogP contribution in [0.3, 0.4) is 0 Å². The van der Waals surface area contributed by atoms with Crippen molar-refractivity contribution in [3.63, 3.8) is 0 Å². The normalized spacial score (nSPS) is 15.5. The Bertz CT molecular complexity index is 846. The molecule has 1 saturated carbocycles. The van der Waals surface area contributed by atoms with Crippen molar-refractivity contribution in [2.75, 3.05) is 0 Å². The highest BCUT2D eigenvalue weighted by atomic mass is 16.1. The SMILES string of the molecule is O=C(CCc1cc2c(cn1)[nH]c1ccccc12)NC1CCCC1. The van der Waals surface area contributed by atoms with E-state index in [1.807, 2.05) is 18.3 Å². The van der Waals surface area contributed by atoms with Gasteiger partial charge in [-0.15, -0.1) is 0 Å². The van der Waals surface area contributed by atoms with Crippen LogP contribution in [0.2, 0.25) is 0 Å². The van der Waals surface area contributed by atoms with Crippen LogP contribution in [0.15, 0.2) is 36.5 Å². The maximum absolute atomic E-state index is 12.1. The van der Waals surface area contributed by atoms with Gasteiger partial charge in [0.05, 0.1) is 11.7 Å². The number of hydrogen-bond acceptors (Lipinski definition) is 2. The van der Waals surface area contributed by atoms with Crippen LogP contribution in [-0.4, -0.2) is 21.9 Å². The Balaban J connectivity index is 1.48. The smallest absolute Gasteiger partial charge is 0.220 e. The maximum atomic E-state index is 12.1. The fourth-order valence-electron chi connectivity index (χ4n) is 3.54. The average Bonchev–Trinajstić information content (AvgIpc) is 3.20. The Morgan fingerprint density at radius 3 is 2.87 bits per heavy atom. The highest BCUT2D eigenvalue weighted by Gasteiger charge is 2.17. The van der Waals surface area contributed by atoms with E-state index in [0.717, 1.165) is 29.6 Å². The second-order valence-electron chi connectivity index (χ2n) is 6.44. The predicted molar refractivity (Wildman–Crippen MR) is 92.3 cm³/mol. The van der Waals surface area contributed by atoms with Gasteiger partial charge in [-0.3, -0.25) is 9.78 Å². The van der Waals surface area contributed by atoms with E-state index in [1.54, 1.807) is 0 Å². The van der Waals surface area contributed by atoms with Crippen LogP contribution in [-0.2, 0) is 11.2 Å². The Morgan fingerprint density at radius 2 is 2.00 bits per heavy atom. The predicted octanol–water partition coefficient (Wildman–Crippen LogP) is 3.71. The van der Waals surface area contributed by atoms with E-state index in [-0.39, 0.29) is 5.91 Å². The Kier molecular flexibility index (Phi) is 3.74. The third kappa shape index (κ3) is 2.93. The number of carbonyl (C=O) groups excluding carboxylic acids is 1. The molecule has 2 N–H and O–H groups in total. The van der Waals surface area contributed by atoms with E-state index in [2.05, 4.69) is 33.5 Å². The number of carbonyl (C=O) groups is 1. The Hall–Kier alpha value is -2.36. The molecule has 4 nitrogen and oxygen atoms in total. The molecule has 0 spiro atoms. The molecule has 1 amide bonds. The molecular weight excluding hydrogens is 286 g/mol. The van der Waals surface area contributed by atoms with Gasteiger partial charge in [0.1, 0.15) is 0 Å². The number of hydrogen-bond donors (Lipinski definition) is 2. The number of benzene rings is 1. The summed E-state index contributed by atoms with van der Waals surface area (Å²) < 4.78 is 0. The lowest BCUT2D eigenvalue weighted by Gasteiger charge is -2.11. The van der Waals surface area contributed by atoms with Crippen molar-refractivity contribution in [1.29, 1.82) is 0 Å². The van der Waals surface area contributed by atoms with Crippen molar-refractivity contribution >= 4 is 27.7 Å². The minimum Gasteiger partial charge on any atom is -0.353 e. The number of aromatic nitrogens is 2. The van der Waals surface area contributed by atoms with Gasteiger partial charge in [0, 0.05) is 34.4 Å². The molecule has 2 heterocycles. The lowest BCUT2D eigenvalue weighted by molar-refractivity contribution is -0.121. The summed E-state index contributed by atoms with van der Waals surface area (Å²) in [6.07, 6.45) is 7.81. The third-order valence-corrected chi connectivity index (χ3v) is 4.78. The molecule has 0 atom stereocenters. The summed E-state index contributed by atoms with van der Waals surface area (Å²) in [5.74, 6) is 0.151. The molecule has 1 aliphatic rings. The zero-order valence-electron chi connectivity index (χ0n) is 13.1. The molecule has 4 rings (SSSR count). The average molecular weight is 307 g/mol. The molecular formula is C19H21N3O. The molecule has 3 aromatic rings. The summed E-state index contributed by atoms with van der Waals surface area (Å²) >= 11 is 0. The van der Waals surface area contributed by atoms with Crippen molar-refractivity contribution in [3.05, 3.63) is 42.2 Å². The topological polar surface area (TPSA) is 57.8 Å². The minimum atomic E-state index is 0.151. The zero-order chi connectivity index (χ0) is 15.6. The monoisotopic (exact) mass is 307 g/mol. The first-order chi connectivity index (χ1) is 11.3. The highest BCUT2D eigenvalue weighted by Crippen LogP contribution is 2.25. The molecule has 0 aliphatic heterocycles. The maximum Gasteiger partial charge on any atom is 0.220 e. The molecule has 1 aliphatic carbocycles. The van der Waals surface area contributed by atoms with Gasteiger partial charge in [0.15, 0.2) is 0 Å². The summed E-state index contributed by atoms with van der Waals surface area (Å²) in [7, 11) is 0. The number of nitrogens with zero attached hydrogens (tertiary/aromatic N) is 1. The number of pyridine rings is 1. The van der Waals surface area contributed by atoms with Crippen molar-refractivity contribution in [3.8, 4) is 0 Å². The first-order valence-corrected chi connectivity index (χ1v) is 8.44. The molecule has 0 bridgehead atoms. The second-order valence-corrected chi connectivity index (χ2v) is 6.44. The van der Waals surface area contributed by atoms with Crippen LogP contribution in [0.25, 0.3) is 21.8 Å². The largest absolute Gasteiger partial charge is 0.353 e. The van der Waals surface area contributed by atoms with Gasteiger partial charge in [0.25, 0.3) is 0 Å². The molecule has 4 heteroatoms. The molecule has 1 aromatic carbocycles. The van der Waals surface area contributed by atoms with Gasteiger partial charge in [-0.25, -0.2) is 0 Å². The van der Waals surface area contributed by atoms with Crippen molar-refractivity contribution in [2.45, 2.75) is 44.6 Å². The van der Waals surface area contributed by atoms with E-state index in [0.29, 0.717) is 18.9 Å². The lowest BCUT2D eigenvalue weighted by Crippen LogP contribution is -2.32. The van der Waals surface area contributed by atoms with E-state index in [9.17, 15) is 4.79 Å². The summed E-state index contributed by atoms with van der Waals surface area (Å²) in [5, 5.41) is 5.53. The molecule has 0 unspecified atom stereocenters. The standard InChI is InChI=1S/C19H21N3O/c23-19(21-13-5-1-2-6-13)10-9-14-11-16-15-7-3-4-8-17(15)22-18(16)12-20-14/h3-4,7-8,11-13,22H,1-2,5-6,9-10H2,(H,21,23). The number of amides is 1. The molecule has 1 fully saturated rings. The van der Waals surface area contributed by atoms with E-state index >= 15 is 0 Å². The third-order valence-electron chi connectivity index (χ3n) is 4.78. The molecule has 118 valence electrons. The first-order valence-electron chi connectivity index (χ1n) is 8.44. The van der Waals surface area contributed by atoms with Crippen LogP contribution < -0.4 is 5.32 Å². The van der Waals surface area contributed by atoms with E-state index < -0.39 is 0 Å². The summed E-state index contributed by atoms with van der Waals surface area (Å²) in [6.45, 7) is 0. The van der Waals surface area contributed by atoms with Gasteiger partial charge < -0.3 is 10.3 Å². The van der Waals surface area contributed by atoms with Gasteiger partial charge in [-0.1, -0.05) is 31.0 Å². The number of aryl methyl sites for hydroxylation is 1.